The SMILES string of the molecule is Cc1cccc(-n2nc(C(=O)NCCC3OCCO3)nc2-c2ccco2)c1. The zero-order valence-electron chi connectivity index (χ0n) is 14.9. The van der Waals surface area contributed by atoms with Gasteiger partial charge in [0.25, 0.3) is 5.91 Å². The summed E-state index contributed by atoms with van der Waals surface area (Å²) in [5.41, 5.74) is 1.89. The molecule has 1 aromatic carbocycles. The summed E-state index contributed by atoms with van der Waals surface area (Å²) in [6.07, 6.45) is 1.88. The Morgan fingerprint density at radius 1 is 1.26 bits per heavy atom. The first-order valence-corrected chi connectivity index (χ1v) is 8.80. The summed E-state index contributed by atoms with van der Waals surface area (Å²) in [6.45, 7) is 3.59. The molecule has 0 bridgehead atoms. The van der Waals surface area contributed by atoms with Crippen LogP contribution in [0.25, 0.3) is 17.3 Å². The number of furan rings is 1. The lowest BCUT2D eigenvalue weighted by atomic mass is 10.2. The number of rotatable bonds is 6. The summed E-state index contributed by atoms with van der Waals surface area (Å²) in [5, 5.41) is 7.21. The molecule has 1 aliphatic heterocycles. The highest BCUT2D eigenvalue weighted by Gasteiger charge is 2.21. The minimum atomic E-state index is -0.354. The van der Waals surface area contributed by atoms with Crippen LogP contribution in [0.15, 0.2) is 47.1 Å². The number of aromatic nitrogens is 3. The van der Waals surface area contributed by atoms with E-state index < -0.39 is 0 Å². The average molecular weight is 368 g/mol. The molecule has 3 aromatic rings. The summed E-state index contributed by atoms with van der Waals surface area (Å²) in [5.74, 6) is 0.734. The molecule has 27 heavy (non-hydrogen) atoms. The van der Waals surface area contributed by atoms with Gasteiger partial charge in [0, 0.05) is 13.0 Å². The fourth-order valence-corrected chi connectivity index (χ4v) is 2.87. The third-order valence-corrected chi connectivity index (χ3v) is 4.15. The molecule has 0 saturated carbocycles. The molecule has 1 fully saturated rings. The molecule has 3 heterocycles. The van der Waals surface area contributed by atoms with Crippen molar-refractivity contribution in [1.82, 2.24) is 20.1 Å². The monoisotopic (exact) mass is 368 g/mol. The summed E-state index contributed by atoms with van der Waals surface area (Å²) in [7, 11) is 0. The molecule has 4 rings (SSSR count). The van der Waals surface area contributed by atoms with E-state index in [-0.39, 0.29) is 18.0 Å². The zero-order chi connectivity index (χ0) is 18.6. The van der Waals surface area contributed by atoms with Gasteiger partial charge in [-0.25, -0.2) is 4.68 Å². The number of aryl methyl sites for hydroxylation is 1. The lowest BCUT2D eigenvalue weighted by Crippen LogP contribution is -2.28. The molecule has 8 nitrogen and oxygen atoms in total. The van der Waals surface area contributed by atoms with Crippen molar-refractivity contribution in [2.45, 2.75) is 19.6 Å². The second kappa shape index (κ2) is 7.73. The Morgan fingerprint density at radius 2 is 2.11 bits per heavy atom. The Hall–Kier alpha value is -2.97. The molecule has 1 saturated heterocycles. The molecule has 8 heteroatoms. The van der Waals surface area contributed by atoms with Crippen LogP contribution in [0, 0.1) is 6.92 Å². The summed E-state index contributed by atoms with van der Waals surface area (Å²) < 4.78 is 17.8. The van der Waals surface area contributed by atoms with Crippen LogP contribution in [0.1, 0.15) is 22.6 Å². The first-order chi connectivity index (χ1) is 13.2. The van der Waals surface area contributed by atoms with Crippen molar-refractivity contribution in [1.29, 1.82) is 0 Å². The molecule has 2 aromatic heterocycles. The van der Waals surface area contributed by atoms with Crippen molar-refractivity contribution < 1.29 is 18.7 Å². The Morgan fingerprint density at radius 3 is 2.85 bits per heavy atom. The van der Waals surface area contributed by atoms with E-state index >= 15 is 0 Å². The zero-order valence-corrected chi connectivity index (χ0v) is 14.9. The summed E-state index contributed by atoms with van der Waals surface area (Å²) in [6, 6.07) is 11.4. The molecule has 0 radical (unpaired) electrons. The van der Waals surface area contributed by atoms with E-state index in [1.54, 1.807) is 23.1 Å². The van der Waals surface area contributed by atoms with Crippen molar-refractivity contribution >= 4 is 5.91 Å². The number of carbonyl (C=O) groups is 1. The maximum atomic E-state index is 12.5. The fraction of sp³-hybridized carbons (Fsp3) is 0.316. The number of ether oxygens (including phenoxy) is 2. The number of nitrogens with zero attached hydrogens (tertiary/aromatic N) is 3. The normalized spacial score (nSPS) is 14.6. The van der Waals surface area contributed by atoms with Gasteiger partial charge in [-0.1, -0.05) is 12.1 Å². The van der Waals surface area contributed by atoms with Crippen LogP contribution >= 0.6 is 0 Å². The van der Waals surface area contributed by atoms with Crippen LogP contribution in [0.4, 0.5) is 0 Å². The predicted molar refractivity (Wildman–Crippen MR) is 96.4 cm³/mol. The van der Waals surface area contributed by atoms with Crippen LogP contribution in [0.2, 0.25) is 0 Å². The molecule has 0 atom stereocenters. The van der Waals surface area contributed by atoms with Gasteiger partial charge in [0.15, 0.2) is 17.9 Å². The van der Waals surface area contributed by atoms with Gasteiger partial charge in [-0.2, -0.15) is 4.98 Å². The third-order valence-electron chi connectivity index (χ3n) is 4.15. The van der Waals surface area contributed by atoms with Gasteiger partial charge in [-0.05, 0) is 36.8 Å². The molecule has 0 aliphatic carbocycles. The van der Waals surface area contributed by atoms with E-state index in [0.717, 1.165) is 11.3 Å². The second-order valence-corrected chi connectivity index (χ2v) is 6.20. The summed E-state index contributed by atoms with van der Waals surface area (Å²) >= 11 is 0. The lowest BCUT2D eigenvalue weighted by Gasteiger charge is -2.08. The second-order valence-electron chi connectivity index (χ2n) is 6.20. The standard InChI is InChI=1S/C19H20N4O4/c1-13-4-2-5-14(12-13)23-18(15-6-3-9-25-15)21-17(22-23)19(24)20-8-7-16-26-10-11-27-16/h2-6,9,12,16H,7-8,10-11H2,1H3,(H,20,24). The van der Waals surface area contributed by atoms with E-state index in [9.17, 15) is 4.79 Å². The van der Waals surface area contributed by atoms with Gasteiger partial charge >= 0.3 is 0 Å². The highest BCUT2D eigenvalue weighted by atomic mass is 16.7. The highest BCUT2D eigenvalue weighted by molar-refractivity contribution is 5.90. The Kier molecular flexibility index (Phi) is 4.99. The first kappa shape index (κ1) is 17.4. The molecular weight excluding hydrogens is 348 g/mol. The smallest absolute Gasteiger partial charge is 0.290 e. The molecular formula is C19H20N4O4. The van der Waals surface area contributed by atoms with E-state index in [4.69, 9.17) is 13.9 Å². The van der Waals surface area contributed by atoms with Crippen LogP contribution in [0.3, 0.4) is 0 Å². The topological polar surface area (TPSA) is 91.4 Å². The van der Waals surface area contributed by atoms with Crippen molar-refractivity contribution in [2.75, 3.05) is 19.8 Å². The van der Waals surface area contributed by atoms with Crippen LogP contribution < -0.4 is 5.32 Å². The van der Waals surface area contributed by atoms with Crippen molar-refractivity contribution in [3.8, 4) is 17.3 Å². The average Bonchev–Trinajstić information content (AvgIpc) is 3.42. The minimum Gasteiger partial charge on any atom is -0.461 e. The van der Waals surface area contributed by atoms with Crippen molar-refractivity contribution in [3.63, 3.8) is 0 Å². The van der Waals surface area contributed by atoms with Gasteiger partial charge in [0.1, 0.15) is 0 Å². The number of hydrogen-bond acceptors (Lipinski definition) is 6. The van der Waals surface area contributed by atoms with Crippen LogP contribution in [0.5, 0.6) is 0 Å². The Bertz CT molecular complexity index is 914. The Labute approximate surface area is 156 Å². The number of hydrogen-bond donors (Lipinski definition) is 1. The van der Waals surface area contributed by atoms with Crippen molar-refractivity contribution in [3.05, 3.63) is 54.0 Å². The fourth-order valence-electron chi connectivity index (χ4n) is 2.87. The quantitative estimate of drug-likeness (QED) is 0.718. The third kappa shape index (κ3) is 3.91. The van der Waals surface area contributed by atoms with E-state index in [1.807, 2.05) is 31.2 Å². The number of amides is 1. The van der Waals surface area contributed by atoms with Gasteiger partial charge in [-0.15, -0.1) is 5.10 Å². The number of benzene rings is 1. The molecule has 1 N–H and O–H groups in total. The minimum absolute atomic E-state index is 0.0798. The van der Waals surface area contributed by atoms with E-state index in [1.165, 1.54) is 0 Å². The van der Waals surface area contributed by atoms with E-state index in [2.05, 4.69) is 15.4 Å². The van der Waals surface area contributed by atoms with Crippen molar-refractivity contribution in [2.24, 2.45) is 0 Å². The van der Waals surface area contributed by atoms with Gasteiger partial charge < -0.3 is 19.2 Å². The predicted octanol–water partition coefficient (Wildman–Crippen LogP) is 2.33. The van der Waals surface area contributed by atoms with Gasteiger partial charge in [0.2, 0.25) is 5.82 Å². The molecule has 1 aliphatic rings. The van der Waals surface area contributed by atoms with Gasteiger partial charge in [-0.3, -0.25) is 4.79 Å². The largest absolute Gasteiger partial charge is 0.461 e. The molecule has 0 spiro atoms. The maximum Gasteiger partial charge on any atom is 0.290 e. The molecule has 0 unspecified atom stereocenters. The van der Waals surface area contributed by atoms with Crippen LogP contribution in [-0.4, -0.2) is 46.7 Å². The highest BCUT2D eigenvalue weighted by Crippen LogP contribution is 2.22. The Balaban J connectivity index is 1.56. The van der Waals surface area contributed by atoms with E-state index in [0.29, 0.717) is 37.8 Å². The summed E-state index contributed by atoms with van der Waals surface area (Å²) in [4.78, 5) is 16.9. The van der Waals surface area contributed by atoms with Gasteiger partial charge in [0.05, 0.1) is 25.2 Å². The number of carbonyl (C=O) groups excluding carboxylic acids is 1. The lowest BCUT2D eigenvalue weighted by molar-refractivity contribution is -0.0455. The number of nitrogens with one attached hydrogen (secondary N) is 1. The van der Waals surface area contributed by atoms with Crippen LogP contribution in [-0.2, 0) is 9.47 Å². The maximum absolute atomic E-state index is 12.5. The first-order valence-electron chi connectivity index (χ1n) is 8.80. The molecule has 140 valence electrons. The molecule has 1 amide bonds.